The van der Waals surface area contributed by atoms with E-state index in [0.717, 1.165) is 44.9 Å². The first-order valence-corrected chi connectivity index (χ1v) is 11.9. The van der Waals surface area contributed by atoms with E-state index in [2.05, 4.69) is 31.6 Å². The van der Waals surface area contributed by atoms with Gasteiger partial charge < -0.3 is 9.47 Å². The molecule has 1 saturated carbocycles. The topological polar surface area (TPSA) is 93.7 Å². The molecule has 0 bridgehead atoms. The number of unbranched alkanes of at least 4 members (excludes halogenated alkanes) is 4. The molecule has 0 radical (unpaired) electrons. The average Bonchev–Trinajstić information content (AvgIpc) is 2.64. The second-order valence-corrected chi connectivity index (χ2v) is 10.3. The molecule has 1 rings (SSSR count). The van der Waals surface area contributed by atoms with Crippen molar-refractivity contribution in [3.8, 4) is 0 Å². The van der Waals surface area contributed by atoms with E-state index in [9.17, 15) is 14.4 Å². The number of hydrogen-bond acceptors (Lipinski definition) is 5. The zero-order chi connectivity index (χ0) is 23.4. The largest absolute Gasteiger partial charge is 0.462 e. The van der Waals surface area contributed by atoms with Crippen molar-refractivity contribution in [1.29, 1.82) is 0 Å². The fourth-order valence-corrected chi connectivity index (χ4v) is 4.05. The molecular formula is C24H44N2O5. The van der Waals surface area contributed by atoms with Crippen molar-refractivity contribution in [1.82, 2.24) is 10.9 Å². The lowest BCUT2D eigenvalue weighted by Crippen LogP contribution is -2.44. The van der Waals surface area contributed by atoms with Gasteiger partial charge >= 0.3 is 12.1 Å². The third-order valence-corrected chi connectivity index (χ3v) is 5.73. The first-order chi connectivity index (χ1) is 14.5. The van der Waals surface area contributed by atoms with E-state index in [1.807, 2.05) is 0 Å². The van der Waals surface area contributed by atoms with Crippen molar-refractivity contribution in [2.45, 2.75) is 117 Å². The molecule has 0 aromatic rings. The Morgan fingerprint density at radius 3 is 2.16 bits per heavy atom. The highest BCUT2D eigenvalue weighted by atomic mass is 16.6. The molecule has 2 N–H and O–H groups in total. The second-order valence-electron chi connectivity index (χ2n) is 10.3. The lowest BCUT2D eigenvalue weighted by atomic mass is 9.75. The average molecular weight is 441 g/mol. The van der Waals surface area contributed by atoms with Crippen LogP contribution in [0.3, 0.4) is 0 Å². The predicted octanol–water partition coefficient (Wildman–Crippen LogP) is 5.28. The van der Waals surface area contributed by atoms with Gasteiger partial charge in [0.2, 0.25) is 5.91 Å². The first kappa shape index (κ1) is 27.2. The molecule has 7 nitrogen and oxygen atoms in total. The molecule has 0 unspecified atom stereocenters. The zero-order valence-corrected chi connectivity index (χ0v) is 20.4. The summed E-state index contributed by atoms with van der Waals surface area (Å²) in [6.07, 6.45) is 7.95. The maximum Gasteiger partial charge on any atom is 0.426 e. The summed E-state index contributed by atoms with van der Waals surface area (Å²) in [5.41, 5.74) is 3.99. The molecule has 0 heterocycles. The van der Waals surface area contributed by atoms with Gasteiger partial charge in [-0.25, -0.2) is 10.2 Å². The predicted molar refractivity (Wildman–Crippen MR) is 121 cm³/mol. The molecule has 1 fully saturated rings. The summed E-state index contributed by atoms with van der Waals surface area (Å²) in [6.45, 7) is 11.9. The van der Waals surface area contributed by atoms with Crippen LogP contribution < -0.4 is 10.9 Å². The summed E-state index contributed by atoms with van der Waals surface area (Å²) >= 11 is 0. The van der Waals surface area contributed by atoms with E-state index in [0.29, 0.717) is 30.6 Å². The van der Waals surface area contributed by atoms with Crippen molar-refractivity contribution in [2.24, 2.45) is 17.8 Å². The van der Waals surface area contributed by atoms with Crippen molar-refractivity contribution in [3.05, 3.63) is 0 Å². The van der Waals surface area contributed by atoms with Crippen LogP contribution in [0.5, 0.6) is 0 Å². The van der Waals surface area contributed by atoms with E-state index in [1.54, 1.807) is 20.8 Å². The van der Waals surface area contributed by atoms with Crippen LogP contribution >= 0.6 is 0 Å². The third kappa shape index (κ3) is 12.6. The zero-order valence-electron chi connectivity index (χ0n) is 20.4. The highest BCUT2D eigenvalue weighted by Crippen LogP contribution is 2.35. The summed E-state index contributed by atoms with van der Waals surface area (Å²) in [5.74, 6) is 1.34. The Hall–Kier alpha value is -1.79. The number of nitrogens with one attached hydrogen (secondary N) is 2. The SMILES string of the molecule is CC(C)[C@@H]1CC[C@@H](C)C[C@H]1OC(=O)CCCCCCCC(=O)NNC(=O)OC(C)(C)C. The number of ether oxygens (including phenoxy) is 2. The summed E-state index contributed by atoms with van der Waals surface area (Å²) in [4.78, 5) is 35.5. The van der Waals surface area contributed by atoms with Crippen LogP contribution in [-0.2, 0) is 19.1 Å². The fraction of sp³-hybridized carbons (Fsp3) is 0.875. The van der Waals surface area contributed by atoms with Crippen LogP contribution in [0.15, 0.2) is 0 Å². The molecule has 0 aliphatic heterocycles. The van der Waals surface area contributed by atoms with Crippen molar-refractivity contribution in [2.75, 3.05) is 0 Å². The summed E-state index contributed by atoms with van der Waals surface area (Å²) in [7, 11) is 0. The molecule has 1 aliphatic carbocycles. The van der Waals surface area contributed by atoms with Gasteiger partial charge in [0.15, 0.2) is 0 Å². The third-order valence-electron chi connectivity index (χ3n) is 5.73. The van der Waals surface area contributed by atoms with Gasteiger partial charge in [-0.15, -0.1) is 0 Å². The van der Waals surface area contributed by atoms with Gasteiger partial charge in [0.05, 0.1) is 0 Å². The highest BCUT2D eigenvalue weighted by Gasteiger charge is 2.33. The molecule has 180 valence electrons. The summed E-state index contributed by atoms with van der Waals surface area (Å²) in [5, 5.41) is 0. The Balaban J connectivity index is 2.08. The first-order valence-electron chi connectivity index (χ1n) is 11.9. The molecule has 2 amide bonds. The molecule has 0 spiro atoms. The number of amides is 2. The smallest absolute Gasteiger partial charge is 0.426 e. The normalized spacial score (nSPS) is 21.5. The van der Waals surface area contributed by atoms with Crippen LogP contribution in [0.1, 0.15) is 106 Å². The van der Waals surface area contributed by atoms with Crippen molar-refractivity contribution < 1.29 is 23.9 Å². The van der Waals surface area contributed by atoms with Gasteiger partial charge in [-0.3, -0.25) is 15.0 Å². The number of carbonyl (C=O) groups excluding carboxylic acids is 3. The quantitative estimate of drug-likeness (QED) is 0.274. The molecule has 1 aliphatic rings. The van der Waals surface area contributed by atoms with E-state index < -0.39 is 11.7 Å². The Bertz CT molecular complexity index is 571. The lowest BCUT2D eigenvalue weighted by Gasteiger charge is -2.36. The number of hydrazine groups is 1. The fourth-order valence-electron chi connectivity index (χ4n) is 4.05. The van der Waals surface area contributed by atoms with Gasteiger partial charge in [0.1, 0.15) is 11.7 Å². The van der Waals surface area contributed by atoms with Crippen LogP contribution in [0, 0.1) is 17.8 Å². The number of rotatable bonds is 10. The maximum atomic E-state index is 12.3. The molecule has 0 aromatic heterocycles. The van der Waals surface area contributed by atoms with Crippen LogP contribution in [0.4, 0.5) is 4.79 Å². The van der Waals surface area contributed by atoms with Gasteiger partial charge in [-0.1, -0.05) is 46.5 Å². The summed E-state index contributed by atoms with van der Waals surface area (Å²) < 4.78 is 10.9. The second kappa shape index (κ2) is 13.6. The van der Waals surface area contributed by atoms with E-state index in [4.69, 9.17) is 9.47 Å². The van der Waals surface area contributed by atoms with Gasteiger partial charge in [-0.05, 0) is 64.2 Å². The number of esters is 1. The minimum absolute atomic E-state index is 0.0719. The number of carbonyl (C=O) groups is 3. The Morgan fingerprint density at radius 1 is 0.935 bits per heavy atom. The van der Waals surface area contributed by atoms with Crippen molar-refractivity contribution in [3.63, 3.8) is 0 Å². The highest BCUT2D eigenvalue weighted by molar-refractivity contribution is 5.79. The monoisotopic (exact) mass is 440 g/mol. The molecule has 7 heteroatoms. The van der Waals surface area contributed by atoms with Crippen molar-refractivity contribution >= 4 is 18.0 Å². The molecule has 0 saturated heterocycles. The molecular weight excluding hydrogens is 396 g/mol. The maximum absolute atomic E-state index is 12.3. The molecule has 0 aromatic carbocycles. The van der Waals surface area contributed by atoms with Crippen LogP contribution in [0.2, 0.25) is 0 Å². The summed E-state index contributed by atoms with van der Waals surface area (Å²) in [6, 6.07) is 0. The van der Waals surface area contributed by atoms with Crippen LogP contribution in [0.25, 0.3) is 0 Å². The van der Waals surface area contributed by atoms with E-state index >= 15 is 0 Å². The van der Waals surface area contributed by atoms with E-state index in [-0.39, 0.29) is 18.0 Å². The van der Waals surface area contributed by atoms with Gasteiger partial charge in [0, 0.05) is 12.8 Å². The van der Waals surface area contributed by atoms with Gasteiger partial charge in [-0.2, -0.15) is 0 Å². The minimum atomic E-state index is -0.671. The van der Waals surface area contributed by atoms with Gasteiger partial charge in [0.25, 0.3) is 0 Å². The number of hydrogen-bond donors (Lipinski definition) is 2. The Labute approximate surface area is 188 Å². The standard InChI is InChI=1S/C24H44N2O5/c1-17(2)19-15-14-18(3)16-20(19)30-22(28)13-11-9-7-8-10-12-21(27)25-26-23(29)31-24(4,5)6/h17-20H,7-16H2,1-6H3,(H,25,27)(H,26,29)/t18-,19+,20-/m1/s1. The Kier molecular flexibility index (Phi) is 11.9. The molecule has 31 heavy (non-hydrogen) atoms. The van der Waals surface area contributed by atoms with Crippen LogP contribution in [-0.4, -0.2) is 29.7 Å². The molecule has 3 atom stereocenters. The Morgan fingerprint density at radius 2 is 1.55 bits per heavy atom. The van der Waals surface area contributed by atoms with E-state index in [1.165, 1.54) is 6.42 Å². The lowest BCUT2D eigenvalue weighted by molar-refractivity contribution is -0.156. The minimum Gasteiger partial charge on any atom is -0.462 e.